The van der Waals surface area contributed by atoms with Gasteiger partial charge in [0, 0.05) is 45.5 Å². The molecule has 2 aromatic rings. The number of ether oxygens (including phenoxy) is 1. The van der Waals surface area contributed by atoms with Crippen LogP contribution in [0.1, 0.15) is 32.3 Å². The van der Waals surface area contributed by atoms with Crippen LogP contribution in [0.25, 0.3) is 5.69 Å². The topological polar surface area (TPSA) is 172 Å². The van der Waals surface area contributed by atoms with Gasteiger partial charge in [-0.1, -0.05) is 12.1 Å². The Kier molecular flexibility index (Phi) is 9.21. The zero-order valence-electron chi connectivity index (χ0n) is 23.3. The minimum atomic E-state index is -1.33. The summed E-state index contributed by atoms with van der Waals surface area (Å²) in [4.78, 5) is 47.9. The molecule has 3 heterocycles. The van der Waals surface area contributed by atoms with Crippen molar-refractivity contribution in [3.63, 3.8) is 0 Å². The van der Waals surface area contributed by atoms with Gasteiger partial charge < -0.3 is 31.1 Å². The summed E-state index contributed by atoms with van der Waals surface area (Å²) in [5, 5.41) is 13.0. The summed E-state index contributed by atoms with van der Waals surface area (Å²) in [6.07, 6.45) is 2.21. The van der Waals surface area contributed by atoms with Gasteiger partial charge in [0.15, 0.2) is 6.29 Å². The van der Waals surface area contributed by atoms with Crippen LogP contribution in [0.15, 0.2) is 41.3 Å². The average molecular weight is 557 g/mol. The van der Waals surface area contributed by atoms with E-state index in [0.29, 0.717) is 5.69 Å². The van der Waals surface area contributed by atoms with Gasteiger partial charge in [0.25, 0.3) is 0 Å². The molecule has 13 nitrogen and oxygen atoms in total. The molecular weight excluding hydrogens is 516 g/mol. The van der Waals surface area contributed by atoms with Gasteiger partial charge in [-0.2, -0.15) is 4.98 Å². The molecule has 6 N–H and O–H groups in total. The minimum Gasteiger partial charge on any atom is -0.366 e. The van der Waals surface area contributed by atoms with Gasteiger partial charge in [0.1, 0.15) is 11.9 Å². The summed E-state index contributed by atoms with van der Waals surface area (Å²) in [5.74, 6) is -0.228. The first kappa shape index (κ1) is 29.6. The van der Waals surface area contributed by atoms with E-state index in [-0.39, 0.29) is 37.4 Å². The second-order valence-corrected chi connectivity index (χ2v) is 11.0. The number of urea groups is 1. The maximum Gasteiger partial charge on any atom is 0.354 e. The number of aliphatic hydroxyl groups excluding tert-OH is 1. The fraction of sp³-hybridized carbons (Fsp3) is 0.556. The van der Waals surface area contributed by atoms with E-state index in [1.165, 1.54) is 27.5 Å². The fourth-order valence-electron chi connectivity index (χ4n) is 5.04. The fourth-order valence-corrected chi connectivity index (χ4v) is 5.04. The summed E-state index contributed by atoms with van der Waals surface area (Å²) < 4.78 is 6.46. The molecule has 2 aliphatic heterocycles. The van der Waals surface area contributed by atoms with Crippen molar-refractivity contribution >= 4 is 17.8 Å². The molecule has 40 heavy (non-hydrogen) atoms. The van der Waals surface area contributed by atoms with E-state index in [9.17, 15) is 19.5 Å². The average Bonchev–Trinajstić information content (AvgIpc) is 2.93. The van der Waals surface area contributed by atoms with Crippen LogP contribution >= 0.6 is 0 Å². The molecule has 13 heteroatoms. The number of carbonyl (C=O) groups is 2. The third-order valence-electron chi connectivity index (χ3n) is 7.38. The number of anilines is 1. The number of methoxy groups -OCH3 is 1. The molecule has 1 unspecified atom stereocenters. The first-order valence-electron chi connectivity index (χ1n) is 13.5. The lowest BCUT2D eigenvalue weighted by molar-refractivity contribution is -0.151. The number of benzene rings is 1. The minimum absolute atomic E-state index is 0.0399. The summed E-state index contributed by atoms with van der Waals surface area (Å²) in [7, 11) is 1.31. The van der Waals surface area contributed by atoms with Crippen molar-refractivity contribution in [2.75, 3.05) is 45.2 Å². The predicted molar refractivity (Wildman–Crippen MR) is 150 cm³/mol. The molecule has 218 valence electrons. The first-order valence-corrected chi connectivity index (χ1v) is 13.5. The molecule has 2 saturated heterocycles. The lowest BCUT2D eigenvalue weighted by atomic mass is 10.0. The zero-order valence-corrected chi connectivity index (χ0v) is 23.3. The van der Waals surface area contributed by atoms with E-state index in [2.05, 4.69) is 15.2 Å². The van der Waals surface area contributed by atoms with Crippen LogP contribution in [0.5, 0.6) is 0 Å². The van der Waals surface area contributed by atoms with Crippen molar-refractivity contribution in [3.8, 4) is 5.69 Å². The Morgan fingerprint density at radius 3 is 2.42 bits per heavy atom. The molecule has 2 aliphatic rings. The third kappa shape index (κ3) is 7.04. The van der Waals surface area contributed by atoms with Crippen molar-refractivity contribution in [2.45, 2.75) is 57.1 Å². The number of carbonyl (C=O) groups excluding carboxylic acids is 2. The summed E-state index contributed by atoms with van der Waals surface area (Å²) in [5.41, 5.74) is 12.1. The maximum atomic E-state index is 13.1. The first-order chi connectivity index (χ1) is 19.0. The van der Waals surface area contributed by atoms with Crippen LogP contribution in [0.2, 0.25) is 0 Å². The largest absolute Gasteiger partial charge is 0.366 e. The summed E-state index contributed by atoms with van der Waals surface area (Å²) >= 11 is 0. The van der Waals surface area contributed by atoms with Gasteiger partial charge in [0.2, 0.25) is 5.91 Å². The Balaban J connectivity index is 1.41. The highest BCUT2D eigenvalue weighted by Gasteiger charge is 2.39. The normalized spacial score (nSPS) is 19.9. The summed E-state index contributed by atoms with van der Waals surface area (Å²) in [6, 6.07) is 8.11. The highest BCUT2D eigenvalue weighted by Crippen LogP contribution is 2.19. The highest BCUT2D eigenvalue weighted by molar-refractivity contribution is 5.89. The second kappa shape index (κ2) is 12.4. The van der Waals surface area contributed by atoms with Crippen molar-refractivity contribution in [3.05, 3.63) is 52.6 Å². The van der Waals surface area contributed by atoms with Crippen LogP contribution in [0.3, 0.4) is 0 Å². The number of aliphatic hydroxyl groups is 1. The number of rotatable bonds is 7. The van der Waals surface area contributed by atoms with Gasteiger partial charge in [-0.05, 0) is 63.5 Å². The number of aromatic nitrogens is 2. The Hall–Kier alpha value is -3.36. The van der Waals surface area contributed by atoms with Gasteiger partial charge in [-0.25, -0.2) is 9.59 Å². The molecule has 0 spiro atoms. The second-order valence-electron chi connectivity index (χ2n) is 11.0. The van der Waals surface area contributed by atoms with E-state index in [1.807, 2.05) is 24.3 Å². The number of hydrogen-bond donors (Lipinski definition) is 4. The maximum absolute atomic E-state index is 13.1. The monoisotopic (exact) mass is 556 g/mol. The number of hydrogen-bond acceptors (Lipinski definition) is 9. The van der Waals surface area contributed by atoms with Crippen LogP contribution in [-0.4, -0.2) is 105 Å². The Bertz CT molecular complexity index is 1240. The Labute approximate surface area is 233 Å². The smallest absolute Gasteiger partial charge is 0.354 e. The molecular formula is C27H40N8O5. The molecule has 3 amide bonds. The number of piperazine rings is 1. The SMILES string of the molecule is COC(O)[C@@H]1CN(C(=O)C(C)(C)N)CCN1C(=O)Nc1ccn(-c2ccc(CN3CCC(N)CC3)cc2)c(=O)n1. The van der Waals surface area contributed by atoms with Gasteiger partial charge >= 0.3 is 11.7 Å². The third-order valence-corrected chi connectivity index (χ3v) is 7.38. The molecule has 0 bridgehead atoms. The van der Waals surface area contributed by atoms with Crippen LogP contribution in [-0.2, 0) is 16.1 Å². The van der Waals surface area contributed by atoms with Gasteiger partial charge in [0.05, 0.1) is 11.2 Å². The lowest BCUT2D eigenvalue weighted by Crippen LogP contribution is -2.64. The molecule has 0 radical (unpaired) electrons. The number of nitrogens with zero attached hydrogens (tertiary/aromatic N) is 5. The van der Waals surface area contributed by atoms with Gasteiger partial charge in [-0.3, -0.25) is 19.6 Å². The number of nitrogens with two attached hydrogens (primary N) is 2. The van der Waals surface area contributed by atoms with E-state index in [1.54, 1.807) is 20.0 Å². The van der Waals surface area contributed by atoms with Crippen LogP contribution in [0, 0.1) is 0 Å². The highest BCUT2D eigenvalue weighted by atomic mass is 16.6. The van der Waals surface area contributed by atoms with E-state index in [0.717, 1.165) is 38.0 Å². The zero-order chi connectivity index (χ0) is 29.0. The number of piperidine rings is 1. The number of nitrogens with one attached hydrogen (secondary N) is 1. The molecule has 2 fully saturated rings. The standard InChI is InChI=1S/C27H40N8O5/c1-27(2,29)24(37)33-14-15-35(21(17-33)23(36)40-3)26(39)31-22-10-13-34(25(38)30-22)20-6-4-18(5-7-20)16-32-11-8-19(28)9-12-32/h4-7,10,13,19,21,23,36H,8-9,11-12,14-17,28-29H2,1-3H3,(H,30,31,38,39)/t21-,23?/m0/s1. The predicted octanol–water partition coefficient (Wildman–Crippen LogP) is -0.0976. The van der Waals surface area contributed by atoms with E-state index >= 15 is 0 Å². The van der Waals surface area contributed by atoms with Crippen molar-refractivity contribution in [1.82, 2.24) is 24.3 Å². The molecule has 4 rings (SSSR count). The van der Waals surface area contributed by atoms with Crippen molar-refractivity contribution in [2.24, 2.45) is 11.5 Å². The number of amides is 3. The molecule has 2 atom stereocenters. The van der Waals surface area contributed by atoms with Gasteiger partial charge in [-0.15, -0.1) is 0 Å². The van der Waals surface area contributed by atoms with Crippen molar-refractivity contribution in [1.29, 1.82) is 0 Å². The van der Waals surface area contributed by atoms with Crippen LogP contribution < -0.4 is 22.5 Å². The molecule has 1 aromatic carbocycles. The quantitative estimate of drug-likeness (QED) is 0.340. The summed E-state index contributed by atoms with van der Waals surface area (Å²) in [6.45, 7) is 6.39. The number of likely N-dealkylation sites (tertiary alicyclic amines) is 1. The van der Waals surface area contributed by atoms with E-state index < -0.39 is 29.6 Å². The lowest BCUT2D eigenvalue weighted by Gasteiger charge is -2.43. The Morgan fingerprint density at radius 1 is 1.15 bits per heavy atom. The van der Waals surface area contributed by atoms with Crippen LogP contribution in [0.4, 0.5) is 10.6 Å². The van der Waals surface area contributed by atoms with E-state index in [4.69, 9.17) is 16.2 Å². The molecule has 1 aromatic heterocycles. The molecule has 0 saturated carbocycles. The van der Waals surface area contributed by atoms with Crippen molar-refractivity contribution < 1.29 is 19.4 Å². The molecule has 0 aliphatic carbocycles. The Morgan fingerprint density at radius 2 is 1.82 bits per heavy atom.